The van der Waals surface area contributed by atoms with Gasteiger partial charge in [-0.1, -0.05) is 32.6 Å². The number of ether oxygens (including phenoxy) is 1. The third kappa shape index (κ3) is 1.38. The van der Waals surface area contributed by atoms with E-state index in [0.717, 1.165) is 18.4 Å². The highest BCUT2D eigenvalue weighted by molar-refractivity contribution is 5.76. The number of rotatable bonds is 0. The van der Waals surface area contributed by atoms with Crippen LogP contribution < -0.4 is 0 Å². The fourth-order valence-corrected chi connectivity index (χ4v) is 3.75. The van der Waals surface area contributed by atoms with E-state index in [1.165, 1.54) is 11.1 Å². The number of esters is 1. The van der Waals surface area contributed by atoms with Gasteiger partial charge in [-0.2, -0.15) is 0 Å². The molecule has 2 nitrogen and oxygen atoms in total. The molecule has 96 valence electrons. The maximum absolute atomic E-state index is 11.8. The van der Waals surface area contributed by atoms with Gasteiger partial charge in [0.1, 0.15) is 6.10 Å². The van der Waals surface area contributed by atoms with E-state index in [1.807, 2.05) is 6.92 Å². The van der Waals surface area contributed by atoms with Crippen molar-refractivity contribution in [3.63, 3.8) is 0 Å². The van der Waals surface area contributed by atoms with Gasteiger partial charge in [0.05, 0.1) is 5.92 Å². The summed E-state index contributed by atoms with van der Waals surface area (Å²) in [6, 6.07) is 0. The molecule has 0 unspecified atom stereocenters. The maximum atomic E-state index is 11.8. The van der Waals surface area contributed by atoms with Crippen molar-refractivity contribution in [2.75, 3.05) is 0 Å². The van der Waals surface area contributed by atoms with Gasteiger partial charge in [0.25, 0.3) is 0 Å². The predicted molar refractivity (Wildman–Crippen MR) is 70.9 cm³/mol. The molecule has 1 heterocycles. The first kappa shape index (κ1) is 11.8. The van der Waals surface area contributed by atoms with Crippen LogP contribution in [0.2, 0.25) is 0 Å². The molecule has 1 saturated carbocycles. The number of allylic oxidation sites excluding steroid dienone is 4. The Morgan fingerprint density at radius 2 is 2.22 bits per heavy atom. The standard InChI is InChI=1S/C16H20O2/c1-9-5-7-16(4)8-6-12-11(3)15(17)18-14(12)13(16)10(9)2/h5,7,11-12,14H,1,6,8H2,2-4H3/t11-,12-,14-,16+/m0/s1. The zero-order valence-electron chi connectivity index (χ0n) is 11.3. The van der Waals surface area contributed by atoms with Crippen LogP contribution in [0.3, 0.4) is 0 Å². The van der Waals surface area contributed by atoms with E-state index in [0.29, 0.717) is 5.92 Å². The summed E-state index contributed by atoms with van der Waals surface area (Å²) in [6.07, 6.45) is 6.50. The van der Waals surface area contributed by atoms with Crippen LogP contribution in [0.15, 0.2) is 35.5 Å². The molecule has 0 radical (unpaired) electrons. The number of carbonyl (C=O) groups is 1. The molecule has 0 amide bonds. The maximum Gasteiger partial charge on any atom is 0.309 e. The molecular weight excluding hydrogens is 224 g/mol. The molecule has 2 fully saturated rings. The molecule has 3 aliphatic rings. The van der Waals surface area contributed by atoms with Crippen LogP contribution in [0, 0.1) is 17.3 Å². The molecule has 0 aromatic heterocycles. The first-order chi connectivity index (χ1) is 8.44. The van der Waals surface area contributed by atoms with Crippen LogP contribution in [-0.2, 0) is 9.53 Å². The number of carbonyl (C=O) groups excluding carboxylic acids is 1. The van der Waals surface area contributed by atoms with Gasteiger partial charge in [-0.05, 0) is 36.5 Å². The van der Waals surface area contributed by atoms with Crippen LogP contribution >= 0.6 is 0 Å². The van der Waals surface area contributed by atoms with E-state index < -0.39 is 0 Å². The minimum Gasteiger partial charge on any atom is -0.457 e. The summed E-state index contributed by atoms with van der Waals surface area (Å²) in [7, 11) is 0. The topological polar surface area (TPSA) is 26.3 Å². The van der Waals surface area contributed by atoms with Gasteiger partial charge < -0.3 is 4.74 Å². The molecular formula is C16H20O2. The van der Waals surface area contributed by atoms with Gasteiger partial charge >= 0.3 is 5.97 Å². The van der Waals surface area contributed by atoms with Gasteiger partial charge in [0.15, 0.2) is 0 Å². The molecule has 0 bridgehead atoms. The van der Waals surface area contributed by atoms with E-state index >= 15 is 0 Å². The number of hydrogen-bond donors (Lipinski definition) is 0. The second-order valence-corrected chi connectivity index (χ2v) is 6.16. The highest BCUT2D eigenvalue weighted by atomic mass is 16.6. The summed E-state index contributed by atoms with van der Waals surface area (Å²) in [5.41, 5.74) is 3.62. The monoisotopic (exact) mass is 244 g/mol. The molecule has 4 atom stereocenters. The third-order valence-corrected chi connectivity index (χ3v) is 5.08. The van der Waals surface area contributed by atoms with E-state index in [9.17, 15) is 4.79 Å². The smallest absolute Gasteiger partial charge is 0.309 e. The van der Waals surface area contributed by atoms with Crippen molar-refractivity contribution in [3.8, 4) is 0 Å². The molecule has 0 N–H and O–H groups in total. The summed E-state index contributed by atoms with van der Waals surface area (Å²) >= 11 is 0. The lowest BCUT2D eigenvalue weighted by atomic mass is 9.61. The minimum atomic E-state index is -0.0327. The van der Waals surface area contributed by atoms with E-state index in [-0.39, 0.29) is 23.4 Å². The Balaban J connectivity index is 2.10. The summed E-state index contributed by atoms with van der Waals surface area (Å²) in [5.74, 6) is 0.364. The fraction of sp³-hybridized carbons (Fsp3) is 0.562. The summed E-state index contributed by atoms with van der Waals surface area (Å²) in [6.45, 7) is 10.4. The second kappa shape index (κ2) is 3.59. The third-order valence-electron chi connectivity index (χ3n) is 5.08. The van der Waals surface area contributed by atoms with E-state index in [1.54, 1.807) is 0 Å². The zero-order valence-corrected chi connectivity index (χ0v) is 11.3. The van der Waals surface area contributed by atoms with Gasteiger partial charge in [0.2, 0.25) is 0 Å². The second-order valence-electron chi connectivity index (χ2n) is 6.16. The van der Waals surface area contributed by atoms with Crippen LogP contribution in [0.25, 0.3) is 0 Å². The Morgan fingerprint density at radius 1 is 1.50 bits per heavy atom. The van der Waals surface area contributed by atoms with Gasteiger partial charge in [0, 0.05) is 11.3 Å². The van der Waals surface area contributed by atoms with E-state index in [4.69, 9.17) is 4.74 Å². The normalized spacial score (nSPS) is 42.7. The Kier molecular flexibility index (Phi) is 2.35. The van der Waals surface area contributed by atoms with Crippen molar-refractivity contribution >= 4 is 5.97 Å². The Morgan fingerprint density at radius 3 is 2.94 bits per heavy atom. The largest absolute Gasteiger partial charge is 0.457 e. The molecule has 2 heteroatoms. The predicted octanol–water partition coefficient (Wildman–Crippen LogP) is 3.41. The first-order valence-corrected chi connectivity index (χ1v) is 6.74. The fourth-order valence-electron chi connectivity index (χ4n) is 3.75. The molecule has 1 saturated heterocycles. The van der Waals surface area contributed by atoms with Crippen molar-refractivity contribution in [1.29, 1.82) is 0 Å². The molecule has 0 spiro atoms. The summed E-state index contributed by atoms with van der Waals surface area (Å²) < 4.78 is 5.66. The Bertz CT molecular complexity index is 497. The number of hydrogen-bond acceptors (Lipinski definition) is 2. The Hall–Kier alpha value is -1.31. The van der Waals surface area contributed by atoms with Crippen LogP contribution in [0.5, 0.6) is 0 Å². The summed E-state index contributed by atoms with van der Waals surface area (Å²) in [5, 5.41) is 0. The average molecular weight is 244 g/mol. The van der Waals surface area contributed by atoms with Crippen molar-refractivity contribution in [3.05, 3.63) is 35.5 Å². The average Bonchev–Trinajstić information content (AvgIpc) is 2.60. The van der Waals surface area contributed by atoms with Gasteiger partial charge in [-0.3, -0.25) is 4.79 Å². The minimum absolute atomic E-state index is 0.0204. The van der Waals surface area contributed by atoms with Crippen molar-refractivity contribution in [2.24, 2.45) is 17.3 Å². The SMILES string of the molecule is C=C1C=C[C@]2(C)CC[C@H]3[C@H](C)C(=O)O[C@@H]3C2=C1C. The van der Waals surface area contributed by atoms with Crippen LogP contribution in [0.4, 0.5) is 0 Å². The molecule has 1 aliphatic heterocycles. The molecule has 0 aromatic rings. The van der Waals surface area contributed by atoms with Gasteiger partial charge in [-0.15, -0.1) is 0 Å². The molecule has 0 aromatic carbocycles. The van der Waals surface area contributed by atoms with E-state index in [2.05, 4.69) is 32.6 Å². The lowest BCUT2D eigenvalue weighted by molar-refractivity contribution is -0.143. The molecule has 2 aliphatic carbocycles. The zero-order chi connectivity index (χ0) is 13.1. The highest BCUT2D eigenvalue weighted by Gasteiger charge is 2.52. The van der Waals surface area contributed by atoms with Crippen LogP contribution in [0.1, 0.15) is 33.6 Å². The quantitative estimate of drug-likeness (QED) is 0.610. The molecule has 3 rings (SSSR count). The summed E-state index contributed by atoms with van der Waals surface area (Å²) in [4.78, 5) is 11.8. The first-order valence-electron chi connectivity index (χ1n) is 6.74. The number of fused-ring (bicyclic) bond motifs is 3. The highest BCUT2D eigenvalue weighted by Crippen LogP contribution is 2.53. The van der Waals surface area contributed by atoms with Crippen molar-refractivity contribution < 1.29 is 9.53 Å². The lowest BCUT2D eigenvalue weighted by Gasteiger charge is -2.43. The lowest BCUT2D eigenvalue weighted by Crippen LogP contribution is -2.38. The Labute approximate surface area is 108 Å². The molecule has 18 heavy (non-hydrogen) atoms. The van der Waals surface area contributed by atoms with Crippen molar-refractivity contribution in [2.45, 2.75) is 39.7 Å². The van der Waals surface area contributed by atoms with Crippen molar-refractivity contribution in [1.82, 2.24) is 0 Å². The van der Waals surface area contributed by atoms with Crippen LogP contribution in [-0.4, -0.2) is 12.1 Å². The van der Waals surface area contributed by atoms with Gasteiger partial charge in [-0.25, -0.2) is 0 Å².